The molecule has 0 heterocycles. The van der Waals surface area contributed by atoms with E-state index in [1.54, 1.807) is 6.07 Å². The number of non-ortho nitro benzene ring substituents is 1. The van der Waals surface area contributed by atoms with Crippen LogP contribution in [0.15, 0.2) is 18.2 Å². The lowest BCUT2D eigenvalue weighted by Crippen LogP contribution is -2.11. The highest BCUT2D eigenvalue weighted by atomic mass is 16.6. The normalized spacial score (nSPS) is 10.0. The van der Waals surface area contributed by atoms with E-state index in [0.717, 1.165) is 5.56 Å². The van der Waals surface area contributed by atoms with Gasteiger partial charge in [-0.3, -0.25) is 10.1 Å². The van der Waals surface area contributed by atoms with Crippen LogP contribution in [0.3, 0.4) is 0 Å². The van der Waals surface area contributed by atoms with Crippen molar-refractivity contribution >= 4 is 5.69 Å². The number of nitro groups is 1. The van der Waals surface area contributed by atoms with Crippen molar-refractivity contribution < 1.29 is 4.92 Å². The molecular weight excluding hydrogens is 194 g/mol. The first-order chi connectivity index (χ1) is 7.02. The zero-order valence-electron chi connectivity index (χ0n) is 8.60. The molecule has 0 radical (unpaired) electrons. The molecule has 5 heteroatoms. The fourth-order valence-electron chi connectivity index (χ4n) is 1.30. The number of rotatable bonds is 3. The largest absolute Gasteiger partial charge is 0.305 e. The van der Waals surface area contributed by atoms with Gasteiger partial charge in [0.05, 0.1) is 16.6 Å². The quantitative estimate of drug-likeness (QED) is 0.554. The Labute approximate surface area is 87.7 Å². The van der Waals surface area contributed by atoms with Crippen LogP contribution in [0.4, 0.5) is 5.69 Å². The Balaban J connectivity index is 3.13. The van der Waals surface area contributed by atoms with Gasteiger partial charge in [-0.25, -0.2) is 0 Å². The Morgan fingerprint density at radius 1 is 1.47 bits per heavy atom. The van der Waals surface area contributed by atoms with Crippen molar-refractivity contribution in [2.24, 2.45) is 0 Å². The predicted molar refractivity (Wildman–Crippen MR) is 55.2 cm³/mol. The molecule has 0 amide bonds. The van der Waals surface area contributed by atoms with E-state index in [-0.39, 0.29) is 5.69 Å². The summed E-state index contributed by atoms with van der Waals surface area (Å²) >= 11 is 0. The molecule has 0 unspecified atom stereocenters. The molecule has 0 fully saturated rings. The van der Waals surface area contributed by atoms with Crippen molar-refractivity contribution in [1.82, 2.24) is 4.90 Å². The second kappa shape index (κ2) is 4.53. The summed E-state index contributed by atoms with van der Waals surface area (Å²) in [6, 6.07) is 6.34. The molecule has 1 rings (SSSR count). The molecule has 5 nitrogen and oxygen atoms in total. The number of nitriles is 1. The maximum atomic E-state index is 10.6. The first kappa shape index (κ1) is 11.1. The number of benzene rings is 1. The van der Waals surface area contributed by atoms with E-state index >= 15 is 0 Å². The van der Waals surface area contributed by atoms with Gasteiger partial charge in [-0.2, -0.15) is 5.26 Å². The second-order valence-corrected chi connectivity index (χ2v) is 3.49. The molecule has 1 aromatic rings. The maximum Gasteiger partial charge on any atom is 0.271 e. The van der Waals surface area contributed by atoms with Crippen molar-refractivity contribution in [3.05, 3.63) is 39.4 Å². The molecule has 15 heavy (non-hydrogen) atoms. The first-order valence-corrected chi connectivity index (χ1v) is 4.36. The number of hydrogen-bond acceptors (Lipinski definition) is 4. The van der Waals surface area contributed by atoms with E-state index in [4.69, 9.17) is 5.26 Å². The fourth-order valence-corrected chi connectivity index (χ4v) is 1.30. The number of nitrogens with zero attached hydrogens (tertiary/aromatic N) is 3. The van der Waals surface area contributed by atoms with Gasteiger partial charge in [0.1, 0.15) is 0 Å². The molecule has 0 aliphatic carbocycles. The van der Waals surface area contributed by atoms with Gasteiger partial charge in [-0.15, -0.1) is 0 Å². The van der Waals surface area contributed by atoms with Crippen LogP contribution < -0.4 is 0 Å². The molecule has 0 aromatic heterocycles. The van der Waals surface area contributed by atoms with Crippen LogP contribution in [-0.4, -0.2) is 23.9 Å². The topological polar surface area (TPSA) is 70.2 Å². The van der Waals surface area contributed by atoms with Gasteiger partial charge in [-0.1, -0.05) is 0 Å². The van der Waals surface area contributed by atoms with Gasteiger partial charge in [0, 0.05) is 18.7 Å². The average molecular weight is 205 g/mol. The minimum absolute atomic E-state index is 0.0362. The highest BCUT2D eigenvalue weighted by Gasteiger charge is 2.09. The second-order valence-electron chi connectivity index (χ2n) is 3.49. The van der Waals surface area contributed by atoms with E-state index in [1.807, 2.05) is 25.1 Å². The lowest BCUT2D eigenvalue weighted by atomic mass is 10.1. The molecule has 0 N–H and O–H groups in total. The van der Waals surface area contributed by atoms with Crippen molar-refractivity contribution in [1.29, 1.82) is 5.26 Å². The first-order valence-electron chi connectivity index (χ1n) is 4.36. The minimum atomic E-state index is -0.486. The fraction of sp³-hybridized carbons (Fsp3) is 0.300. The van der Waals surface area contributed by atoms with Crippen molar-refractivity contribution in [3.63, 3.8) is 0 Å². The third-order valence-electron chi connectivity index (χ3n) is 1.82. The van der Waals surface area contributed by atoms with E-state index in [1.165, 1.54) is 12.1 Å². The summed E-state index contributed by atoms with van der Waals surface area (Å²) in [5.74, 6) is 0. The smallest absolute Gasteiger partial charge is 0.271 e. The van der Waals surface area contributed by atoms with E-state index in [0.29, 0.717) is 12.1 Å². The Kier molecular flexibility index (Phi) is 3.37. The summed E-state index contributed by atoms with van der Waals surface area (Å²) in [4.78, 5) is 12.0. The van der Waals surface area contributed by atoms with Gasteiger partial charge >= 0.3 is 0 Å². The zero-order chi connectivity index (χ0) is 11.4. The van der Waals surface area contributed by atoms with Gasteiger partial charge in [0.15, 0.2) is 0 Å². The minimum Gasteiger partial charge on any atom is -0.305 e. The third-order valence-corrected chi connectivity index (χ3v) is 1.82. The Bertz CT molecular complexity index is 421. The Morgan fingerprint density at radius 2 is 2.13 bits per heavy atom. The summed E-state index contributed by atoms with van der Waals surface area (Å²) in [6.07, 6.45) is 0. The molecule has 0 atom stereocenters. The summed E-state index contributed by atoms with van der Waals surface area (Å²) in [6.45, 7) is 0.580. The van der Waals surface area contributed by atoms with E-state index < -0.39 is 4.92 Å². The Morgan fingerprint density at radius 3 is 2.60 bits per heavy atom. The predicted octanol–water partition coefficient (Wildman–Crippen LogP) is 1.53. The Hall–Kier alpha value is -1.93. The molecule has 0 bridgehead atoms. The average Bonchev–Trinajstić information content (AvgIpc) is 2.16. The van der Waals surface area contributed by atoms with E-state index in [9.17, 15) is 10.1 Å². The third kappa shape index (κ3) is 3.04. The van der Waals surface area contributed by atoms with Crippen LogP contribution in [0.25, 0.3) is 0 Å². The SMILES string of the molecule is CN(C)Cc1cc(C#N)cc([N+](=O)[O-])c1. The van der Waals surface area contributed by atoms with Gasteiger partial charge < -0.3 is 4.90 Å². The molecule has 78 valence electrons. The van der Waals surface area contributed by atoms with Crippen molar-refractivity contribution in [2.45, 2.75) is 6.54 Å². The molecule has 0 spiro atoms. The van der Waals surface area contributed by atoms with Crippen LogP contribution in [0.1, 0.15) is 11.1 Å². The summed E-state index contributed by atoms with van der Waals surface area (Å²) in [5.41, 5.74) is 1.05. The lowest BCUT2D eigenvalue weighted by molar-refractivity contribution is -0.384. The highest BCUT2D eigenvalue weighted by molar-refractivity contribution is 5.44. The monoisotopic (exact) mass is 205 g/mol. The molecule has 0 saturated heterocycles. The van der Waals surface area contributed by atoms with Crippen LogP contribution in [0.5, 0.6) is 0 Å². The summed E-state index contributed by atoms with van der Waals surface area (Å²) < 4.78 is 0. The van der Waals surface area contributed by atoms with Crippen LogP contribution in [0.2, 0.25) is 0 Å². The summed E-state index contributed by atoms with van der Waals surface area (Å²) in [5, 5.41) is 19.3. The highest BCUT2D eigenvalue weighted by Crippen LogP contribution is 2.17. The zero-order valence-corrected chi connectivity index (χ0v) is 8.60. The number of nitro benzene ring substituents is 1. The molecule has 1 aromatic carbocycles. The van der Waals surface area contributed by atoms with Crippen LogP contribution in [-0.2, 0) is 6.54 Å². The van der Waals surface area contributed by atoms with Crippen LogP contribution in [0, 0.1) is 21.4 Å². The molecular formula is C10H11N3O2. The van der Waals surface area contributed by atoms with Gasteiger partial charge in [0.25, 0.3) is 5.69 Å². The van der Waals surface area contributed by atoms with Gasteiger partial charge in [-0.05, 0) is 25.7 Å². The maximum absolute atomic E-state index is 10.6. The lowest BCUT2D eigenvalue weighted by Gasteiger charge is -2.09. The molecule has 0 aliphatic rings. The number of hydrogen-bond donors (Lipinski definition) is 0. The van der Waals surface area contributed by atoms with Crippen molar-refractivity contribution in [2.75, 3.05) is 14.1 Å². The van der Waals surface area contributed by atoms with Crippen molar-refractivity contribution in [3.8, 4) is 6.07 Å². The molecule has 0 saturated carbocycles. The summed E-state index contributed by atoms with van der Waals surface area (Å²) in [7, 11) is 3.73. The molecule has 0 aliphatic heterocycles. The van der Waals surface area contributed by atoms with Gasteiger partial charge in [0.2, 0.25) is 0 Å². The van der Waals surface area contributed by atoms with E-state index in [2.05, 4.69) is 0 Å². The van der Waals surface area contributed by atoms with Crippen LogP contribution >= 0.6 is 0 Å². The standard InChI is InChI=1S/C10H11N3O2/c1-12(2)7-9-3-8(6-11)4-10(5-9)13(14)15/h3-5H,7H2,1-2H3.